The van der Waals surface area contributed by atoms with Crippen molar-refractivity contribution in [1.29, 1.82) is 0 Å². The van der Waals surface area contributed by atoms with Crippen molar-refractivity contribution in [2.45, 2.75) is 57.0 Å². The molecule has 5 heterocycles. The number of aryl methyl sites for hydroxylation is 1. The summed E-state index contributed by atoms with van der Waals surface area (Å²) in [5, 5.41) is 7.37. The smallest absolute Gasteiger partial charge is 0.306 e. The quantitative estimate of drug-likeness (QED) is 0.682. The predicted molar refractivity (Wildman–Crippen MR) is 122 cm³/mol. The van der Waals surface area contributed by atoms with Crippen LogP contribution in [0.4, 0.5) is 0 Å². The van der Waals surface area contributed by atoms with Gasteiger partial charge >= 0.3 is 5.84 Å². The average molecular weight is 417 g/mol. The fourth-order valence-electron chi connectivity index (χ4n) is 5.51. The Morgan fingerprint density at radius 2 is 1.97 bits per heavy atom. The van der Waals surface area contributed by atoms with Gasteiger partial charge in [0.05, 0.1) is 11.4 Å². The van der Waals surface area contributed by atoms with Gasteiger partial charge in [0, 0.05) is 36.1 Å². The van der Waals surface area contributed by atoms with Gasteiger partial charge in [0.25, 0.3) is 0 Å². The number of oxazole rings is 1. The molecule has 3 aliphatic heterocycles. The normalized spacial score (nSPS) is 28.1. The molecule has 2 saturated heterocycles. The second kappa shape index (κ2) is 7.35. The molecule has 7 heteroatoms. The van der Waals surface area contributed by atoms with Crippen molar-refractivity contribution in [3.05, 3.63) is 54.1 Å². The summed E-state index contributed by atoms with van der Waals surface area (Å²) in [7, 11) is 2.28. The van der Waals surface area contributed by atoms with E-state index >= 15 is 0 Å². The molecule has 2 aromatic heterocycles. The lowest BCUT2D eigenvalue weighted by molar-refractivity contribution is 0.142. The van der Waals surface area contributed by atoms with Crippen LogP contribution in [0.3, 0.4) is 0 Å². The molecule has 3 aromatic rings. The van der Waals surface area contributed by atoms with Crippen molar-refractivity contribution in [3.8, 4) is 11.3 Å². The summed E-state index contributed by atoms with van der Waals surface area (Å²) in [5.41, 5.74) is 5.21. The van der Waals surface area contributed by atoms with Gasteiger partial charge in [0.1, 0.15) is 12.0 Å². The van der Waals surface area contributed by atoms with Crippen molar-refractivity contribution in [3.63, 3.8) is 0 Å². The van der Waals surface area contributed by atoms with Crippen molar-refractivity contribution in [1.82, 2.24) is 24.9 Å². The lowest BCUT2D eigenvalue weighted by Crippen LogP contribution is -2.53. The zero-order valence-corrected chi connectivity index (χ0v) is 18.0. The summed E-state index contributed by atoms with van der Waals surface area (Å²) in [6, 6.07) is 10.2. The van der Waals surface area contributed by atoms with E-state index in [0.717, 1.165) is 22.6 Å². The first-order chi connectivity index (χ1) is 15.2. The summed E-state index contributed by atoms with van der Waals surface area (Å²) in [4.78, 5) is 12.0. The van der Waals surface area contributed by atoms with Crippen LogP contribution >= 0.6 is 0 Å². The number of hydrogen-bond donors (Lipinski definition) is 2. The highest BCUT2D eigenvalue weighted by Crippen LogP contribution is 2.35. The molecule has 7 nitrogen and oxygen atoms in total. The maximum atomic E-state index is 5.62. The molecular weight excluding hydrogens is 388 g/mol. The maximum absolute atomic E-state index is 5.62. The van der Waals surface area contributed by atoms with Crippen molar-refractivity contribution < 1.29 is 4.42 Å². The lowest BCUT2D eigenvalue weighted by atomic mass is 9.98. The molecule has 31 heavy (non-hydrogen) atoms. The number of fused-ring (bicyclic) bond motifs is 3. The van der Waals surface area contributed by atoms with Crippen LogP contribution in [0.25, 0.3) is 22.8 Å². The number of hydrogen-bond acceptors (Lipinski definition) is 6. The highest BCUT2D eigenvalue weighted by molar-refractivity contribution is 5.89. The average Bonchev–Trinajstić information content (AvgIpc) is 3.40. The second-order valence-electron chi connectivity index (χ2n) is 8.99. The molecule has 1 aromatic carbocycles. The molecule has 2 bridgehead atoms. The van der Waals surface area contributed by atoms with Crippen LogP contribution in [0.5, 0.6) is 0 Å². The van der Waals surface area contributed by atoms with Crippen LogP contribution in [0, 0.1) is 6.92 Å². The van der Waals surface area contributed by atoms with Gasteiger partial charge in [-0.2, -0.15) is 4.98 Å². The van der Waals surface area contributed by atoms with E-state index in [-0.39, 0.29) is 6.29 Å². The first-order valence-electron chi connectivity index (χ1n) is 11.2. The third kappa shape index (κ3) is 3.20. The summed E-state index contributed by atoms with van der Waals surface area (Å²) in [5.74, 6) is 0.592. The van der Waals surface area contributed by atoms with Gasteiger partial charge < -0.3 is 14.6 Å². The van der Waals surface area contributed by atoms with Crippen LogP contribution in [-0.2, 0) is 0 Å². The zero-order valence-electron chi connectivity index (χ0n) is 18.0. The van der Waals surface area contributed by atoms with E-state index in [1.165, 1.54) is 31.2 Å². The Morgan fingerprint density at radius 3 is 2.77 bits per heavy atom. The Labute approximate surface area is 181 Å². The van der Waals surface area contributed by atoms with E-state index < -0.39 is 0 Å². The number of nitrogens with one attached hydrogen (secondary N) is 2. The van der Waals surface area contributed by atoms with E-state index in [4.69, 9.17) is 9.40 Å². The Balaban J connectivity index is 1.29. The highest BCUT2D eigenvalue weighted by Gasteiger charge is 2.39. The van der Waals surface area contributed by atoms with Crippen LogP contribution in [0.1, 0.15) is 36.9 Å². The molecule has 3 unspecified atom stereocenters. The predicted octanol–water partition coefficient (Wildman–Crippen LogP) is 3.42. The number of imidazole rings is 1. The van der Waals surface area contributed by atoms with E-state index in [9.17, 15) is 0 Å². The zero-order chi connectivity index (χ0) is 20.9. The van der Waals surface area contributed by atoms with Crippen molar-refractivity contribution >= 4 is 17.8 Å². The van der Waals surface area contributed by atoms with Crippen LogP contribution in [0.2, 0.25) is 0 Å². The molecule has 0 spiro atoms. The molecule has 0 amide bonds. The topological polar surface area (TPSA) is 70.1 Å². The molecule has 3 atom stereocenters. The summed E-state index contributed by atoms with van der Waals surface area (Å²) in [6.07, 6.45) is 12.4. The molecular formula is C24H28N6O. The first kappa shape index (κ1) is 18.8. The van der Waals surface area contributed by atoms with Crippen LogP contribution in [0.15, 0.2) is 52.2 Å². The Bertz CT molecular complexity index is 1160. The van der Waals surface area contributed by atoms with Gasteiger partial charge in [0.2, 0.25) is 0 Å². The van der Waals surface area contributed by atoms with Crippen LogP contribution < -0.4 is 10.6 Å². The highest BCUT2D eigenvalue weighted by atomic mass is 16.3. The van der Waals surface area contributed by atoms with Crippen LogP contribution in [-0.4, -0.2) is 52.0 Å². The van der Waals surface area contributed by atoms with Gasteiger partial charge in [-0.3, -0.25) is 14.7 Å². The summed E-state index contributed by atoms with van der Waals surface area (Å²) >= 11 is 0. The Hall–Kier alpha value is -2.90. The third-order valence-electron chi connectivity index (χ3n) is 7.18. The molecule has 0 saturated carbocycles. The van der Waals surface area contributed by atoms with Crippen molar-refractivity contribution in [2.75, 3.05) is 7.05 Å². The largest absolute Gasteiger partial charge is 0.432 e. The minimum absolute atomic E-state index is 0.144. The molecule has 0 aliphatic carbocycles. The second-order valence-corrected chi connectivity index (χ2v) is 8.99. The molecule has 2 fully saturated rings. The molecule has 2 N–H and O–H groups in total. The number of nitrogens with zero attached hydrogens (tertiary/aromatic N) is 4. The molecule has 160 valence electrons. The monoisotopic (exact) mass is 416 g/mol. The number of benzene rings is 1. The van der Waals surface area contributed by atoms with Gasteiger partial charge in [-0.15, -0.1) is 0 Å². The fraction of sp³-hybridized carbons (Fsp3) is 0.417. The minimum atomic E-state index is -0.144. The summed E-state index contributed by atoms with van der Waals surface area (Å²) < 4.78 is 7.63. The van der Waals surface area contributed by atoms with E-state index in [1.807, 2.05) is 22.9 Å². The molecule has 6 rings (SSSR count). The van der Waals surface area contributed by atoms with Crippen molar-refractivity contribution in [2.24, 2.45) is 4.99 Å². The van der Waals surface area contributed by atoms with Gasteiger partial charge in [-0.05, 0) is 51.3 Å². The number of aliphatic imine (C=N–C) groups is 1. The van der Waals surface area contributed by atoms with Gasteiger partial charge in [0.15, 0.2) is 6.29 Å². The number of rotatable bonds is 4. The number of piperidine rings is 1. The summed E-state index contributed by atoms with van der Waals surface area (Å²) in [6.45, 7) is 2.11. The molecule has 3 aliphatic rings. The van der Waals surface area contributed by atoms with E-state index in [0.29, 0.717) is 24.0 Å². The Morgan fingerprint density at radius 1 is 1.16 bits per heavy atom. The van der Waals surface area contributed by atoms with Gasteiger partial charge in [-0.1, -0.05) is 24.3 Å². The fourth-order valence-corrected chi connectivity index (χ4v) is 5.51. The Kier molecular flexibility index (Phi) is 4.47. The minimum Gasteiger partial charge on any atom is -0.432 e. The third-order valence-corrected chi connectivity index (χ3v) is 7.18. The maximum Gasteiger partial charge on any atom is 0.306 e. The number of allylic oxidation sites excluding steroid dienone is 1. The van der Waals surface area contributed by atoms with E-state index in [1.54, 1.807) is 6.26 Å². The van der Waals surface area contributed by atoms with E-state index in [2.05, 4.69) is 58.8 Å². The van der Waals surface area contributed by atoms with Gasteiger partial charge in [-0.25, -0.2) is 0 Å². The number of aromatic nitrogens is 2. The molecule has 0 radical (unpaired) electrons. The standard InChI is InChI=1S/C24H28N6O/c1-15-5-3-4-6-19(15)21-22(30-11-12-31-24(30)28-21)20-9-10-25-23(27-20)26-16-13-17-7-8-18(14-16)29(17)2/h3-6,9-12,16-18,23,26-27H,7-8,13-14H2,1-2H3. The first-order valence-corrected chi connectivity index (χ1v) is 11.2. The lowest BCUT2D eigenvalue weighted by Gasteiger charge is -2.38. The SMILES string of the molecule is Cc1ccccc1-c1nc2occn2c1C1=CC=NC(NC2CC3CCC(C2)N3C)N1.